The van der Waals surface area contributed by atoms with Crippen molar-refractivity contribution in [2.24, 2.45) is 16.7 Å². The Bertz CT molecular complexity index is 1100. The van der Waals surface area contributed by atoms with Gasteiger partial charge in [0.15, 0.2) is 11.9 Å². The molecule has 210 valence electrons. The largest absolute Gasteiger partial charge is 0.461 e. The molecule has 7 unspecified atom stereocenters. The summed E-state index contributed by atoms with van der Waals surface area (Å²) < 4.78 is 22.7. The number of fused-ring (bicyclic) bond motifs is 4. The van der Waals surface area contributed by atoms with E-state index in [1.54, 1.807) is 19.9 Å². The van der Waals surface area contributed by atoms with Gasteiger partial charge in [-0.2, -0.15) is 0 Å². The number of Topliss-reactive ketones (excluding diaryl/α,β-unsaturated/α-hetero) is 1. The Labute approximate surface area is 222 Å². The number of hydrogen-bond donors (Lipinski definition) is 1. The lowest BCUT2D eigenvalue weighted by molar-refractivity contribution is -0.171. The molecule has 0 aromatic heterocycles. The Balaban J connectivity index is 2.38. The van der Waals surface area contributed by atoms with Crippen molar-refractivity contribution in [3.8, 4) is 0 Å². The van der Waals surface area contributed by atoms with E-state index in [9.17, 15) is 29.1 Å². The molecule has 0 aromatic carbocycles. The van der Waals surface area contributed by atoms with Crippen LogP contribution in [0, 0.1) is 16.7 Å². The summed E-state index contributed by atoms with van der Waals surface area (Å²) >= 11 is 0. The van der Waals surface area contributed by atoms with Gasteiger partial charge in [0.2, 0.25) is 0 Å². The number of esters is 4. The standard InChI is InChI=1S/C28H38O10/c1-13-21(35-14(2)29)10-19-22(36-15(3)30)9-18-12-28(8,23(11-20(18)33)37-16(4)31)26(34)25(38-17(5)32)24(13)27(19,6)7/h9,19-23,25,33H,10-12H2,1-8H3. The van der Waals surface area contributed by atoms with Crippen LogP contribution in [0.4, 0.5) is 0 Å². The van der Waals surface area contributed by atoms with Crippen molar-refractivity contribution in [3.63, 3.8) is 0 Å². The molecule has 10 nitrogen and oxygen atoms in total. The number of hydrogen-bond acceptors (Lipinski definition) is 10. The lowest BCUT2D eigenvalue weighted by atomic mass is 9.57. The predicted octanol–water partition coefficient (Wildman–Crippen LogP) is 2.75. The third kappa shape index (κ3) is 5.55. The van der Waals surface area contributed by atoms with Crippen molar-refractivity contribution in [2.45, 2.75) is 105 Å². The van der Waals surface area contributed by atoms with E-state index < -0.39 is 76.9 Å². The summed E-state index contributed by atoms with van der Waals surface area (Å²) in [6.07, 6.45) is -3.22. The minimum atomic E-state index is -1.39. The second-order valence-electron chi connectivity index (χ2n) is 11.4. The van der Waals surface area contributed by atoms with E-state index in [-0.39, 0.29) is 19.3 Å². The van der Waals surface area contributed by atoms with Gasteiger partial charge in [0, 0.05) is 40.0 Å². The maximum absolute atomic E-state index is 14.4. The lowest BCUT2D eigenvalue weighted by Crippen LogP contribution is -2.57. The molecular formula is C28H38O10. The van der Waals surface area contributed by atoms with Crippen molar-refractivity contribution in [3.05, 3.63) is 22.8 Å². The van der Waals surface area contributed by atoms with Crippen molar-refractivity contribution in [2.75, 3.05) is 0 Å². The minimum Gasteiger partial charge on any atom is -0.461 e. The van der Waals surface area contributed by atoms with Crippen LogP contribution >= 0.6 is 0 Å². The first-order valence-corrected chi connectivity index (χ1v) is 12.8. The van der Waals surface area contributed by atoms with Crippen LogP contribution in [0.1, 0.15) is 74.7 Å². The van der Waals surface area contributed by atoms with Crippen molar-refractivity contribution in [1.29, 1.82) is 0 Å². The van der Waals surface area contributed by atoms with Crippen LogP contribution in [0.2, 0.25) is 0 Å². The van der Waals surface area contributed by atoms with Gasteiger partial charge in [0.05, 0.1) is 11.5 Å². The first-order valence-electron chi connectivity index (χ1n) is 12.8. The highest BCUT2D eigenvalue weighted by molar-refractivity contribution is 5.94. The zero-order valence-corrected chi connectivity index (χ0v) is 23.3. The average molecular weight is 535 g/mol. The predicted molar refractivity (Wildman–Crippen MR) is 133 cm³/mol. The summed E-state index contributed by atoms with van der Waals surface area (Å²) in [4.78, 5) is 63.0. The van der Waals surface area contributed by atoms with Crippen LogP contribution < -0.4 is 0 Å². The second kappa shape index (κ2) is 10.6. The van der Waals surface area contributed by atoms with Crippen LogP contribution in [0.15, 0.2) is 22.8 Å². The molecule has 0 radical (unpaired) electrons. The second-order valence-corrected chi connectivity index (χ2v) is 11.4. The van der Waals surface area contributed by atoms with Gasteiger partial charge in [0.1, 0.15) is 18.3 Å². The molecule has 3 aliphatic carbocycles. The molecule has 0 amide bonds. The van der Waals surface area contributed by atoms with E-state index in [2.05, 4.69) is 0 Å². The average Bonchev–Trinajstić information content (AvgIpc) is 2.75. The summed E-state index contributed by atoms with van der Waals surface area (Å²) in [5.74, 6) is -3.39. The third-order valence-corrected chi connectivity index (χ3v) is 8.18. The number of carbonyl (C=O) groups is 5. The SMILES string of the molecule is CC(=O)OC1CC2C(OC(C)=O)C=C3CC(C)(C(=O)C(OC(C)=O)C(=C1C)C2(C)C)C(OC(C)=O)CC3O. The lowest BCUT2D eigenvalue weighted by Gasteiger charge is -2.51. The molecule has 38 heavy (non-hydrogen) atoms. The van der Waals surface area contributed by atoms with Gasteiger partial charge in [0.25, 0.3) is 0 Å². The number of ketones is 1. The molecule has 10 heteroatoms. The molecule has 1 N–H and O–H groups in total. The fraction of sp³-hybridized carbons (Fsp3) is 0.679. The Hall–Kier alpha value is -3.01. The topological polar surface area (TPSA) is 142 Å². The molecule has 0 spiro atoms. The summed E-state index contributed by atoms with van der Waals surface area (Å²) in [7, 11) is 0. The zero-order chi connectivity index (χ0) is 28.7. The van der Waals surface area contributed by atoms with Gasteiger partial charge in [-0.15, -0.1) is 0 Å². The maximum Gasteiger partial charge on any atom is 0.303 e. The molecule has 3 rings (SSSR count). The van der Waals surface area contributed by atoms with E-state index in [0.717, 1.165) is 0 Å². The monoisotopic (exact) mass is 534 g/mol. The van der Waals surface area contributed by atoms with Crippen LogP contribution in [0.5, 0.6) is 0 Å². The fourth-order valence-corrected chi connectivity index (χ4v) is 6.42. The van der Waals surface area contributed by atoms with Gasteiger partial charge >= 0.3 is 23.9 Å². The third-order valence-electron chi connectivity index (χ3n) is 8.18. The Morgan fingerprint density at radius 3 is 1.95 bits per heavy atom. The smallest absolute Gasteiger partial charge is 0.303 e. The first-order chi connectivity index (χ1) is 17.5. The van der Waals surface area contributed by atoms with E-state index >= 15 is 0 Å². The normalized spacial score (nSPS) is 34.4. The summed E-state index contributed by atoms with van der Waals surface area (Å²) in [6.45, 7) is 12.0. The zero-order valence-electron chi connectivity index (χ0n) is 23.3. The van der Waals surface area contributed by atoms with Crippen molar-refractivity contribution < 1.29 is 48.0 Å². The highest BCUT2D eigenvalue weighted by atomic mass is 16.6. The quantitative estimate of drug-likeness (QED) is 0.325. The molecule has 0 heterocycles. The van der Waals surface area contributed by atoms with E-state index in [4.69, 9.17) is 18.9 Å². The number of aliphatic hydroxyl groups is 1. The Kier molecular flexibility index (Phi) is 8.27. The highest BCUT2D eigenvalue weighted by Crippen LogP contribution is 2.53. The summed E-state index contributed by atoms with van der Waals surface area (Å²) in [5.41, 5.74) is -0.814. The maximum atomic E-state index is 14.4. The van der Waals surface area contributed by atoms with Gasteiger partial charge in [-0.3, -0.25) is 24.0 Å². The Morgan fingerprint density at radius 2 is 1.42 bits per heavy atom. The van der Waals surface area contributed by atoms with Gasteiger partial charge in [-0.05, 0) is 54.9 Å². The molecule has 0 aromatic rings. The van der Waals surface area contributed by atoms with Crippen LogP contribution in [-0.4, -0.2) is 65.3 Å². The van der Waals surface area contributed by atoms with E-state index in [1.807, 2.05) is 13.8 Å². The summed E-state index contributed by atoms with van der Waals surface area (Å²) in [5, 5.41) is 11.0. The van der Waals surface area contributed by atoms with Crippen LogP contribution in [0.25, 0.3) is 0 Å². The fourth-order valence-electron chi connectivity index (χ4n) is 6.42. The molecule has 0 aliphatic heterocycles. The number of ether oxygens (including phenoxy) is 4. The highest BCUT2D eigenvalue weighted by Gasteiger charge is 2.58. The van der Waals surface area contributed by atoms with Gasteiger partial charge < -0.3 is 24.1 Å². The van der Waals surface area contributed by atoms with Crippen molar-refractivity contribution >= 4 is 29.7 Å². The minimum absolute atomic E-state index is 0.00662. The molecule has 0 saturated heterocycles. The molecule has 1 saturated carbocycles. The van der Waals surface area contributed by atoms with Crippen molar-refractivity contribution in [1.82, 2.24) is 0 Å². The number of rotatable bonds is 4. The molecule has 4 bridgehead atoms. The van der Waals surface area contributed by atoms with E-state index in [1.165, 1.54) is 27.7 Å². The first kappa shape index (κ1) is 29.5. The molecule has 7 atom stereocenters. The van der Waals surface area contributed by atoms with Crippen LogP contribution in [-0.2, 0) is 42.9 Å². The van der Waals surface area contributed by atoms with Crippen LogP contribution in [0.3, 0.4) is 0 Å². The number of aliphatic hydroxyl groups excluding tert-OH is 1. The van der Waals surface area contributed by atoms with E-state index in [0.29, 0.717) is 16.7 Å². The molecule has 1 fully saturated rings. The van der Waals surface area contributed by atoms with Gasteiger partial charge in [-0.25, -0.2) is 0 Å². The summed E-state index contributed by atoms with van der Waals surface area (Å²) in [6, 6.07) is 0. The number of carbonyl (C=O) groups excluding carboxylic acids is 5. The van der Waals surface area contributed by atoms with Gasteiger partial charge in [-0.1, -0.05) is 13.8 Å². The molecular weight excluding hydrogens is 496 g/mol. The molecule has 3 aliphatic rings. The Morgan fingerprint density at radius 1 is 0.868 bits per heavy atom.